The molecule has 3 aliphatic rings. The number of fused-ring (bicyclic) bond motifs is 4. The van der Waals surface area contributed by atoms with Crippen LogP contribution in [0.3, 0.4) is 0 Å². The summed E-state index contributed by atoms with van der Waals surface area (Å²) in [7, 11) is 1.77. The third kappa shape index (κ3) is 4.07. The summed E-state index contributed by atoms with van der Waals surface area (Å²) in [6.45, 7) is 5.44. The molecule has 0 spiro atoms. The lowest BCUT2D eigenvalue weighted by Crippen LogP contribution is -2.41. The zero-order valence-electron chi connectivity index (χ0n) is 23.1. The van der Waals surface area contributed by atoms with Crippen molar-refractivity contribution in [3.8, 4) is 11.1 Å². The Labute approximate surface area is 233 Å². The number of rotatable bonds is 5. The van der Waals surface area contributed by atoms with Gasteiger partial charge in [0.2, 0.25) is 0 Å². The number of aryl methyl sites for hydroxylation is 2. The number of carbonyl (C=O) groups excluding carboxylic acids is 1. The maximum atomic E-state index is 13.8. The van der Waals surface area contributed by atoms with Crippen LogP contribution in [-0.4, -0.2) is 38.0 Å². The summed E-state index contributed by atoms with van der Waals surface area (Å²) in [6, 6.07) is 12.1. The predicted molar refractivity (Wildman–Crippen MR) is 154 cm³/mol. The Bertz CT molecular complexity index is 1670. The molecule has 1 aromatic carbocycles. The SMILES string of the molecule is CCc1c(-c2cc(Nc3cc4n(n3)CCOC4)c(=O)n(C)c2)cccc1N1CCn2c(cc3c2CCCC3)C1=O. The molecule has 1 amide bonds. The van der Waals surface area contributed by atoms with Crippen LogP contribution in [0.1, 0.15) is 52.8 Å². The first kappa shape index (κ1) is 24.9. The number of aromatic nitrogens is 4. The highest BCUT2D eigenvalue weighted by molar-refractivity contribution is 6.07. The summed E-state index contributed by atoms with van der Waals surface area (Å²) in [5, 5.41) is 7.86. The van der Waals surface area contributed by atoms with E-state index in [0.717, 1.165) is 59.6 Å². The molecule has 0 saturated carbocycles. The average molecular weight is 539 g/mol. The summed E-state index contributed by atoms with van der Waals surface area (Å²) in [5.74, 6) is 0.701. The number of nitrogens with one attached hydrogen (secondary N) is 1. The molecule has 0 radical (unpaired) electrons. The lowest BCUT2D eigenvalue weighted by atomic mass is 9.96. The van der Waals surface area contributed by atoms with Crippen molar-refractivity contribution in [3.63, 3.8) is 0 Å². The molecule has 0 saturated heterocycles. The van der Waals surface area contributed by atoms with Crippen molar-refractivity contribution >= 4 is 23.1 Å². The van der Waals surface area contributed by atoms with E-state index < -0.39 is 0 Å². The lowest BCUT2D eigenvalue weighted by Gasteiger charge is -2.32. The second kappa shape index (κ2) is 9.82. The van der Waals surface area contributed by atoms with E-state index in [0.29, 0.717) is 37.8 Å². The zero-order valence-corrected chi connectivity index (χ0v) is 23.1. The summed E-state index contributed by atoms with van der Waals surface area (Å²) < 4.78 is 11.3. The standard InChI is InChI=1S/C31H34N6O3/c1-3-23-24(21-15-25(30(38)34(2)18-21)32-29-17-22-19-40-14-13-37(22)33-29)8-6-10-27(23)36-12-11-35-26-9-5-4-7-20(26)16-28(35)31(36)39/h6,8,10,15-18H,3-5,7,9,11-14,19H2,1-2H3,(H,32,33). The Morgan fingerprint density at radius 2 is 1.93 bits per heavy atom. The highest BCUT2D eigenvalue weighted by Gasteiger charge is 2.31. The number of anilines is 3. The number of amides is 1. The fourth-order valence-corrected chi connectivity index (χ4v) is 6.58. The van der Waals surface area contributed by atoms with Crippen LogP contribution in [-0.2, 0) is 50.7 Å². The van der Waals surface area contributed by atoms with Gasteiger partial charge in [-0.05, 0) is 67.0 Å². The van der Waals surface area contributed by atoms with Crippen LogP contribution in [0, 0.1) is 0 Å². The minimum Gasteiger partial charge on any atom is -0.373 e. The molecule has 9 heteroatoms. The molecule has 3 aromatic heterocycles. The fraction of sp³-hybridized carbons (Fsp3) is 0.387. The van der Waals surface area contributed by atoms with Crippen LogP contribution in [0.25, 0.3) is 11.1 Å². The number of ether oxygens (including phenoxy) is 1. The lowest BCUT2D eigenvalue weighted by molar-refractivity contribution is 0.0801. The minimum absolute atomic E-state index is 0.0723. The van der Waals surface area contributed by atoms with Gasteiger partial charge in [0.15, 0.2) is 5.82 Å². The van der Waals surface area contributed by atoms with E-state index in [-0.39, 0.29) is 11.5 Å². The average Bonchev–Trinajstić information content (AvgIpc) is 3.56. The van der Waals surface area contributed by atoms with E-state index in [1.807, 2.05) is 34.0 Å². The smallest absolute Gasteiger partial charge is 0.274 e. The first-order chi connectivity index (χ1) is 19.5. The number of hydrogen-bond donors (Lipinski definition) is 1. The largest absolute Gasteiger partial charge is 0.373 e. The van der Waals surface area contributed by atoms with Crippen LogP contribution in [0.15, 0.2) is 47.4 Å². The quantitative estimate of drug-likeness (QED) is 0.407. The van der Waals surface area contributed by atoms with E-state index >= 15 is 0 Å². The Hall–Kier alpha value is -4.11. The van der Waals surface area contributed by atoms with Crippen molar-refractivity contribution < 1.29 is 9.53 Å². The third-order valence-corrected chi connectivity index (χ3v) is 8.53. The molecule has 2 aliphatic heterocycles. The number of carbonyl (C=O) groups is 1. The molecule has 9 nitrogen and oxygen atoms in total. The summed E-state index contributed by atoms with van der Waals surface area (Å²) in [6.07, 6.45) is 7.16. The fourth-order valence-electron chi connectivity index (χ4n) is 6.58. The van der Waals surface area contributed by atoms with E-state index in [1.165, 1.54) is 24.1 Å². The highest BCUT2D eigenvalue weighted by atomic mass is 16.5. The van der Waals surface area contributed by atoms with E-state index in [9.17, 15) is 9.59 Å². The Morgan fingerprint density at radius 1 is 1.05 bits per heavy atom. The van der Waals surface area contributed by atoms with Gasteiger partial charge in [-0.3, -0.25) is 14.3 Å². The summed E-state index contributed by atoms with van der Waals surface area (Å²) in [4.78, 5) is 28.9. The second-order valence-electron chi connectivity index (χ2n) is 11.0. The van der Waals surface area contributed by atoms with Crippen LogP contribution < -0.4 is 15.8 Å². The number of hydrogen-bond acceptors (Lipinski definition) is 5. The molecule has 1 N–H and O–H groups in total. The molecular weight excluding hydrogens is 504 g/mol. The van der Waals surface area contributed by atoms with E-state index in [4.69, 9.17) is 4.74 Å². The molecule has 1 aliphatic carbocycles. The normalized spacial score (nSPS) is 16.4. The van der Waals surface area contributed by atoms with Gasteiger partial charge in [-0.1, -0.05) is 19.1 Å². The number of pyridine rings is 1. The van der Waals surface area contributed by atoms with Crippen molar-refractivity contribution in [3.05, 3.63) is 81.2 Å². The van der Waals surface area contributed by atoms with Crippen molar-refractivity contribution in [2.75, 3.05) is 23.4 Å². The first-order valence-electron chi connectivity index (χ1n) is 14.3. The minimum atomic E-state index is -0.129. The van der Waals surface area contributed by atoms with Crippen LogP contribution >= 0.6 is 0 Å². The summed E-state index contributed by atoms with van der Waals surface area (Å²) >= 11 is 0. The van der Waals surface area contributed by atoms with Gasteiger partial charge in [-0.2, -0.15) is 5.10 Å². The van der Waals surface area contributed by atoms with Crippen molar-refractivity contribution in [1.29, 1.82) is 0 Å². The Balaban J connectivity index is 1.25. The van der Waals surface area contributed by atoms with Crippen LogP contribution in [0.2, 0.25) is 0 Å². The highest BCUT2D eigenvalue weighted by Crippen LogP contribution is 2.36. The van der Waals surface area contributed by atoms with E-state index in [2.05, 4.69) is 40.1 Å². The zero-order chi connectivity index (χ0) is 27.4. The Kier molecular flexibility index (Phi) is 6.11. The molecular formula is C31H34N6O3. The topological polar surface area (TPSA) is 86.3 Å². The van der Waals surface area contributed by atoms with Crippen molar-refractivity contribution in [1.82, 2.24) is 18.9 Å². The molecule has 5 heterocycles. The summed E-state index contributed by atoms with van der Waals surface area (Å²) in [5.41, 5.74) is 8.81. The number of nitrogens with zero attached hydrogens (tertiary/aromatic N) is 5. The number of benzene rings is 1. The molecule has 0 atom stereocenters. The maximum absolute atomic E-state index is 13.8. The molecule has 0 bridgehead atoms. The molecule has 0 fully saturated rings. The van der Waals surface area contributed by atoms with Gasteiger partial charge < -0.3 is 24.1 Å². The van der Waals surface area contributed by atoms with Crippen LogP contribution in [0.5, 0.6) is 0 Å². The Morgan fingerprint density at radius 3 is 2.77 bits per heavy atom. The van der Waals surface area contributed by atoms with Gasteiger partial charge in [-0.15, -0.1) is 0 Å². The molecule has 4 aromatic rings. The van der Waals surface area contributed by atoms with Gasteiger partial charge in [-0.25, -0.2) is 0 Å². The monoisotopic (exact) mass is 538 g/mol. The van der Waals surface area contributed by atoms with Gasteiger partial charge in [0.05, 0.1) is 25.5 Å². The van der Waals surface area contributed by atoms with Gasteiger partial charge in [0, 0.05) is 49.3 Å². The van der Waals surface area contributed by atoms with Gasteiger partial charge in [0.25, 0.3) is 11.5 Å². The second-order valence-corrected chi connectivity index (χ2v) is 11.0. The van der Waals surface area contributed by atoms with Crippen molar-refractivity contribution in [2.24, 2.45) is 7.05 Å². The van der Waals surface area contributed by atoms with Gasteiger partial charge in [0.1, 0.15) is 11.4 Å². The first-order valence-corrected chi connectivity index (χ1v) is 14.3. The maximum Gasteiger partial charge on any atom is 0.274 e. The molecule has 40 heavy (non-hydrogen) atoms. The van der Waals surface area contributed by atoms with Crippen LogP contribution in [0.4, 0.5) is 17.2 Å². The van der Waals surface area contributed by atoms with E-state index in [1.54, 1.807) is 11.6 Å². The van der Waals surface area contributed by atoms with Crippen molar-refractivity contribution in [2.45, 2.75) is 58.7 Å². The predicted octanol–water partition coefficient (Wildman–Crippen LogP) is 4.43. The molecule has 7 rings (SSSR count). The van der Waals surface area contributed by atoms with Gasteiger partial charge >= 0.3 is 0 Å². The molecule has 0 unspecified atom stereocenters. The molecule has 206 valence electrons. The third-order valence-electron chi connectivity index (χ3n) is 8.53.